The van der Waals surface area contributed by atoms with Gasteiger partial charge in [0.1, 0.15) is 13.2 Å². The standard InChI is InChI=1S/C22H26BrNO3/c1-16-7-8-17(20(23)12-16)13-24(15-19-5-3-9-25-19)14-18-4-2-6-21-22(18)27-11-10-26-21/h2,4,6-8,12,19H,3,5,9-11,13-15H2,1H3. The number of benzene rings is 2. The predicted molar refractivity (Wildman–Crippen MR) is 109 cm³/mol. The molecule has 0 aromatic heterocycles. The van der Waals surface area contributed by atoms with Crippen molar-refractivity contribution in [2.75, 3.05) is 26.4 Å². The number of rotatable bonds is 6. The fraction of sp³-hybridized carbons (Fsp3) is 0.455. The van der Waals surface area contributed by atoms with Crippen LogP contribution in [0.25, 0.3) is 0 Å². The first-order valence-corrected chi connectivity index (χ1v) is 10.4. The van der Waals surface area contributed by atoms with Gasteiger partial charge in [0.05, 0.1) is 6.10 Å². The van der Waals surface area contributed by atoms with Crippen LogP contribution in [0.1, 0.15) is 29.5 Å². The summed E-state index contributed by atoms with van der Waals surface area (Å²) in [4.78, 5) is 2.46. The molecule has 4 nitrogen and oxygen atoms in total. The Hall–Kier alpha value is -1.56. The second-order valence-corrected chi connectivity index (χ2v) is 8.20. The molecule has 0 spiro atoms. The van der Waals surface area contributed by atoms with E-state index in [1.54, 1.807) is 0 Å². The van der Waals surface area contributed by atoms with Crippen LogP contribution in [0.15, 0.2) is 40.9 Å². The molecule has 27 heavy (non-hydrogen) atoms. The fourth-order valence-corrected chi connectivity index (χ4v) is 4.40. The minimum Gasteiger partial charge on any atom is -0.486 e. The molecule has 4 rings (SSSR count). The highest BCUT2D eigenvalue weighted by atomic mass is 79.9. The van der Waals surface area contributed by atoms with Gasteiger partial charge in [-0.1, -0.05) is 40.2 Å². The highest BCUT2D eigenvalue weighted by molar-refractivity contribution is 9.10. The van der Waals surface area contributed by atoms with E-state index in [0.717, 1.165) is 55.1 Å². The van der Waals surface area contributed by atoms with Crippen LogP contribution in [0.4, 0.5) is 0 Å². The number of aryl methyl sites for hydroxylation is 1. The number of fused-ring (bicyclic) bond motifs is 1. The van der Waals surface area contributed by atoms with Gasteiger partial charge in [-0.05, 0) is 43.0 Å². The lowest BCUT2D eigenvalue weighted by Gasteiger charge is -2.28. The van der Waals surface area contributed by atoms with Gasteiger partial charge in [0.2, 0.25) is 0 Å². The maximum absolute atomic E-state index is 5.92. The SMILES string of the molecule is Cc1ccc(CN(Cc2cccc3c2OCCO3)CC2CCCO2)c(Br)c1. The van der Waals surface area contributed by atoms with Gasteiger partial charge in [-0.3, -0.25) is 4.90 Å². The molecule has 0 radical (unpaired) electrons. The Kier molecular flexibility index (Phi) is 6.01. The molecule has 0 aliphatic carbocycles. The van der Waals surface area contributed by atoms with Gasteiger partial charge in [-0.25, -0.2) is 0 Å². The molecule has 2 aliphatic heterocycles. The minimum absolute atomic E-state index is 0.311. The first kappa shape index (κ1) is 18.8. The van der Waals surface area contributed by atoms with Gasteiger partial charge in [-0.15, -0.1) is 0 Å². The van der Waals surface area contributed by atoms with Gasteiger partial charge >= 0.3 is 0 Å². The van der Waals surface area contributed by atoms with Crippen molar-refractivity contribution in [3.05, 3.63) is 57.6 Å². The molecule has 144 valence electrons. The van der Waals surface area contributed by atoms with Gasteiger partial charge in [0, 0.05) is 36.3 Å². The third kappa shape index (κ3) is 4.65. The van der Waals surface area contributed by atoms with Crippen molar-refractivity contribution in [3.63, 3.8) is 0 Å². The lowest BCUT2D eigenvalue weighted by Crippen LogP contribution is -2.32. The molecule has 0 N–H and O–H groups in total. The summed E-state index contributed by atoms with van der Waals surface area (Å²) in [5, 5.41) is 0. The van der Waals surface area contributed by atoms with Crippen LogP contribution >= 0.6 is 15.9 Å². The van der Waals surface area contributed by atoms with E-state index < -0.39 is 0 Å². The highest BCUT2D eigenvalue weighted by Gasteiger charge is 2.23. The quantitative estimate of drug-likeness (QED) is 0.662. The van der Waals surface area contributed by atoms with Gasteiger partial charge in [0.25, 0.3) is 0 Å². The van der Waals surface area contributed by atoms with Crippen LogP contribution in [-0.4, -0.2) is 37.4 Å². The largest absolute Gasteiger partial charge is 0.486 e. The summed E-state index contributed by atoms with van der Waals surface area (Å²) in [6.45, 7) is 6.82. The van der Waals surface area contributed by atoms with E-state index in [9.17, 15) is 0 Å². The van der Waals surface area contributed by atoms with Crippen molar-refractivity contribution >= 4 is 15.9 Å². The molecule has 0 saturated carbocycles. The molecule has 2 aliphatic rings. The second-order valence-electron chi connectivity index (χ2n) is 7.34. The maximum atomic E-state index is 5.92. The van der Waals surface area contributed by atoms with Crippen LogP contribution in [0.2, 0.25) is 0 Å². The number of para-hydroxylation sites is 1. The van der Waals surface area contributed by atoms with E-state index >= 15 is 0 Å². The molecule has 2 heterocycles. The Labute approximate surface area is 169 Å². The maximum Gasteiger partial charge on any atom is 0.165 e. The lowest BCUT2D eigenvalue weighted by atomic mass is 10.1. The van der Waals surface area contributed by atoms with Crippen LogP contribution in [-0.2, 0) is 17.8 Å². The average molecular weight is 432 g/mol. The van der Waals surface area contributed by atoms with Crippen LogP contribution in [0.5, 0.6) is 11.5 Å². The Morgan fingerprint density at radius 1 is 1.04 bits per heavy atom. The van der Waals surface area contributed by atoms with Crippen molar-refractivity contribution in [1.29, 1.82) is 0 Å². The summed E-state index contributed by atoms with van der Waals surface area (Å²) >= 11 is 3.73. The van der Waals surface area contributed by atoms with E-state index in [1.165, 1.54) is 16.7 Å². The normalized spacial score (nSPS) is 18.9. The second kappa shape index (κ2) is 8.63. The van der Waals surface area contributed by atoms with Gasteiger partial charge < -0.3 is 14.2 Å². The fourth-order valence-electron chi connectivity index (χ4n) is 3.78. The number of nitrogens with zero attached hydrogens (tertiary/aromatic N) is 1. The molecule has 0 bridgehead atoms. The summed E-state index contributed by atoms with van der Waals surface area (Å²) in [7, 11) is 0. The van der Waals surface area contributed by atoms with E-state index in [4.69, 9.17) is 14.2 Å². The van der Waals surface area contributed by atoms with Crippen molar-refractivity contribution < 1.29 is 14.2 Å². The molecular formula is C22H26BrNO3. The average Bonchev–Trinajstić information content (AvgIpc) is 3.17. The molecular weight excluding hydrogens is 406 g/mol. The summed E-state index contributed by atoms with van der Waals surface area (Å²) in [6, 6.07) is 12.7. The summed E-state index contributed by atoms with van der Waals surface area (Å²) in [6.07, 6.45) is 2.61. The number of hydrogen-bond donors (Lipinski definition) is 0. The molecule has 5 heteroatoms. The zero-order chi connectivity index (χ0) is 18.6. The monoisotopic (exact) mass is 431 g/mol. The third-order valence-electron chi connectivity index (χ3n) is 5.13. The van der Waals surface area contributed by atoms with Crippen LogP contribution < -0.4 is 9.47 Å². The minimum atomic E-state index is 0.311. The predicted octanol–water partition coefficient (Wildman–Crippen LogP) is 4.71. The first-order chi connectivity index (χ1) is 13.2. The molecule has 2 aromatic carbocycles. The van der Waals surface area contributed by atoms with E-state index in [1.807, 2.05) is 6.07 Å². The Morgan fingerprint density at radius 3 is 2.70 bits per heavy atom. The Balaban J connectivity index is 1.56. The van der Waals surface area contributed by atoms with E-state index in [2.05, 4.69) is 58.1 Å². The first-order valence-electron chi connectivity index (χ1n) is 9.65. The summed E-state index contributed by atoms with van der Waals surface area (Å²) in [5.41, 5.74) is 3.73. The lowest BCUT2D eigenvalue weighted by molar-refractivity contribution is 0.0671. The molecule has 1 saturated heterocycles. The number of ether oxygens (including phenoxy) is 3. The van der Waals surface area contributed by atoms with Gasteiger partial charge in [0.15, 0.2) is 11.5 Å². The smallest absolute Gasteiger partial charge is 0.165 e. The zero-order valence-electron chi connectivity index (χ0n) is 15.7. The molecule has 1 atom stereocenters. The molecule has 2 aromatic rings. The molecule has 1 fully saturated rings. The number of halogens is 1. The van der Waals surface area contributed by atoms with Gasteiger partial charge in [-0.2, -0.15) is 0 Å². The number of hydrogen-bond acceptors (Lipinski definition) is 4. The summed E-state index contributed by atoms with van der Waals surface area (Å²) in [5.74, 6) is 1.75. The topological polar surface area (TPSA) is 30.9 Å². The molecule has 1 unspecified atom stereocenters. The van der Waals surface area contributed by atoms with E-state index in [-0.39, 0.29) is 0 Å². The van der Waals surface area contributed by atoms with E-state index in [0.29, 0.717) is 19.3 Å². The Morgan fingerprint density at radius 2 is 1.89 bits per heavy atom. The van der Waals surface area contributed by atoms with Crippen molar-refractivity contribution in [2.24, 2.45) is 0 Å². The van der Waals surface area contributed by atoms with Crippen LogP contribution in [0.3, 0.4) is 0 Å². The Bertz CT molecular complexity index is 789. The molecule has 0 amide bonds. The third-order valence-corrected chi connectivity index (χ3v) is 5.87. The van der Waals surface area contributed by atoms with Crippen molar-refractivity contribution in [3.8, 4) is 11.5 Å². The van der Waals surface area contributed by atoms with Crippen molar-refractivity contribution in [1.82, 2.24) is 4.90 Å². The van der Waals surface area contributed by atoms with Crippen molar-refractivity contribution in [2.45, 2.75) is 39.0 Å². The summed E-state index contributed by atoms with van der Waals surface area (Å²) < 4.78 is 18.8. The zero-order valence-corrected chi connectivity index (χ0v) is 17.3. The highest BCUT2D eigenvalue weighted by Crippen LogP contribution is 2.35. The van der Waals surface area contributed by atoms with Crippen LogP contribution in [0, 0.1) is 6.92 Å².